The van der Waals surface area contributed by atoms with Crippen molar-refractivity contribution >= 4 is 17.2 Å². The molecule has 1 aromatic rings. The normalized spacial score (nSPS) is 23.6. The predicted octanol–water partition coefficient (Wildman–Crippen LogP) is 2.19. The molecular formula is C14H23N3OS. The van der Waals surface area contributed by atoms with Gasteiger partial charge in [0, 0.05) is 37.0 Å². The molecule has 0 saturated carbocycles. The van der Waals surface area contributed by atoms with Crippen molar-refractivity contribution in [2.45, 2.75) is 46.2 Å². The molecule has 19 heavy (non-hydrogen) atoms. The van der Waals surface area contributed by atoms with E-state index in [-0.39, 0.29) is 5.91 Å². The van der Waals surface area contributed by atoms with Crippen molar-refractivity contribution in [3.63, 3.8) is 0 Å². The van der Waals surface area contributed by atoms with Gasteiger partial charge < -0.3 is 10.2 Å². The van der Waals surface area contributed by atoms with Crippen molar-refractivity contribution in [3.8, 4) is 0 Å². The van der Waals surface area contributed by atoms with Crippen LogP contribution in [0.5, 0.6) is 0 Å². The fraction of sp³-hybridized carbons (Fsp3) is 0.714. The Kier molecular flexibility index (Phi) is 4.93. The molecule has 2 atom stereocenters. The van der Waals surface area contributed by atoms with Crippen LogP contribution in [0.25, 0.3) is 0 Å². The van der Waals surface area contributed by atoms with Crippen molar-refractivity contribution in [2.75, 3.05) is 13.1 Å². The molecule has 0 radical (unpaired) electrons. The van der Waals surface area contributed by atoms with Gasteiger partial charge in [-0.15, -0.1) is 11.3 Å². The molecule has 1 aromatic heterocycles. The van der Waals surface area contributed by atoms with Gasteiger partial charge in [-0.2, -0.15) is 0 Å². The van der Waals surface area contributed by atoms with E-state index in [0.29, 0.717) is 18.4 Å². The number of hydrogen-bond acceptors (Lipinski definition) is 4. The lowest BCUT2D eigenvalue weighted by molar-refractivity contribution is -0.132. The summed E-state index contributed by atoms with van der Waals surface area (Å²) in [5.41, 5.74) is 3.03. The minimum Gasteiger partial charge on any atom is -0.342 e. The number of piperidine rings is 1. The first-order valence-electron chi connectivity index (χ1n) is 7.02. The van der Waals surface area contributed by atoms with Gasteiger partial charge >= 0.3 is 0 Å². The van der Waals surface area contributed by atoms with Crippen molar-refractivity contribution in [1.82, 2.24) is 15.2 Å². The molecule has 1 N–H and O–H groups in total. The predicted molar refractivity (Wildman–Crippen MR) is 78.1 cm³/mol. The highest BCUT2D eigenvalue weighted by atomic mass is 32.1. The van der Waals surface area contributed by atoms with Gasteiger partial charge in [0.05, 0.1) is 11.2 Å². The van der Waals surface area contributed by atoms with Gasteiger partial charge in [0.2, 0.25) is 5.91 Å². The number of hydrogen-bond donors (Lipinski definition) is 1. The molecule has 2 heterocycles. The van der Waals surface area contributed by atoms with E-state index in [1.54, 1.807) is 11.3 Å². The number of nitrogens with zero attached hydrogens (tertiary/aromatic N) is 2. The van der Waals surface area contributed by atoms with E-state index >= 15 is 0 Å². The fourth-order valence-corrected chi connectivity index (χ4v) is 3.35. The summed E-state index contributed by atoms with van der Waals surface area (Å²) in [6.07, 6.45) is 1.66. The van der Waals surface area contributed by atoms with Crippen molar-refractivity contribution < 1.29 is 4.79 Å². The second-order valence-electron chi connectivity index (χ2n) is 5.31. The van der Waals surface area contributed by atoms with Gasteiger partial charge in [-0.1, -0.05) is 13.8 Å². The van der Waals surface area contributed by atoms with Crippen LogP contribution in [0, 0.1) is 12.8 Å². The smallest absolute Gasteiger partial charge is 0.222 e. The van der Waals surface area contributed by atoms with Crippen LogP contribution in [-0.2, 0) is 11.3 Å². The lowest BCUT2D eigenvalue weighted by Crippen LogP contribution is -2.49. The molecule has 1 aliphatic rings. The van der Waals surface area contributed by atoms with E-state index in [1.165, 1.54) is 4.88 Å². The van der Waals surface area contributed by atoms with E-state index in [2.05, 4.69) is 24.1 Å². The molecule has 1 fully saturated rings. The van der Waals surface area contributed by atoms with E-state index in [0.717, 1.165) is 31.7 Å². The maximum atomic E-state index is 11.7. The Morgan fingerprint density at radius 2 is 2.42 bits per heavy atom. The molecule has 0 bridgehead atoms. The van der Waals surface area contributed by atoms with Crippen LogP contribution in [0.15, 0.2) is 5.51 Å². The number of amides is 1. The van der Waals surface area contributed by atoms with Crippen LogP contribution < -0.4 is 5.32 Å². The largest absolute Gasteiger partial charge is 0.342 e. The van der Waals surface area contributed by atoms with Crippen molar-refractivity contribution in [3.05, 3.63) is 16.1 Å². The molecule has 1 amide bonds. The second-order valence-corrected chi connectivity index (χ2v) is 6.25. The van der Waals surface area contributed by atoms with Gasteiger partial charge in [0.1, 0.15) is 0 Å². The summed E-state index contributed by atoms with van der Waals surface area (Å²) in [7, 11) is 0. The lowest BCUT2D eigenvalue weighted by Gasteiger charge is -2.37. The second kappa shape index (κ2) is 6.48. The molecule has 0 spiro atoms. The van der Waals surface area contributed by atoms with Crippen LogP contribution in [0.1, 0.15) is 37.3 Å². The Balaban J connectivity index is 1.83. The zero-order valence-electron chi connectivity index (χ0n) is 12.0. The van der Waals surface area contributed by atoms with Crippen molar-refractivity contribution in [1.29, 1.82) is 0 Å². The van der Waals surface area contributed by atoms with Crippen LogP contribution in [0.3, 0.4) is 0 Å². The summed E-state index contributed by atoms with van der Waals surface area (Å²) in [6, 6.07) is 0.502. The molecular weight excluding hydrogens is 258 g/mol. The quantitative estimate of drug-likeness (QED) is 0.920. The zero-order valence-corrected chi connectivity index (χ0v) is 12.8. The van der Waals surface area contributed by atoms with E-state index in [4.69, 9.17) is 0 Å². The molecule has 2 rings (SSSR count). The minimum absolute atomic E-state index is 0.281. The number of carbonyl (C=O) groups is 1. The molecule has 1 aliphatic heterocycles. The SMILES string of the molecule is CCC(=O)N1CC[C@H](NCc2scnc2C)[C@H](C)C1. The molecule has 5 heteroatoms. The molecule has 1 saturated heterocycles. The standard InChI is InChI=1S/C14H23N3OS/c1-4-14(18)17-6-5-12(10(2)8-17)15-7-13-11(3)16-9-19-13/h9-10,12,15H,4-8H2,1-3H3/t10-,12+/m1/s1. The van der Waals surface area contributed by atoms with Gasteiger partial charge in [0.15, 0.2) is 0 Å². The summed E-state index contributed by atoms with van der Waals surface area (Å²) in [6.45, 7) is 8.88. The molecule has 0 aliphatic carbocycles. The third-order valence-electron chi connectivity index (χ3n) is 3.93. The van der Waals surface area contributed by atoms with E-state index < -0.39 is 0 Å². The third-order valence-corrected chi connectivity index (χ3v) is 4.87. The van der Waals surface area contributed by atoms with Gasteiger partial charge in [0.25, 0.3) is 0 Å². The average molecular weight is 281 g/mol. The van der Waals surface area contributed by atoms with Crippen LogP contribution >= 0.6 is 11.3 Å². The Labute approximate surface area is 119 Å². The monoisotopic (exact) mass is 281 g/mol. The topological polar surface area (TPSA) is 45.2 Å². The van der Waals surface area contributed by atoms with Gasteiger partial charge in [-0.25, -0.2) is 4.98 Å². The van der Waals surface area contributed by atoms with Crippen LogP contribution in [-0.4, -0.2) is 34.9 Å². The van der Waals surface area contributed by atoms with Crippen molar-refractivity contribution in [2.24, 2.45) is 5.92 Å². The highest BCUT2D eigenvalue weighted by Gasteiger charge is 2.27. The highest BCUT2D eigenvalue weighted by Crippen LogP contribution is 2.19. The summed E-state index contributed by atoms with van der Waals surface area (Å²) in [5, 5.41) is 3.62. The number of nitrogens with one attached hydrogen (secondary N) is 1. The third kappa shape index (κ3) is 3.54. The number of aryl methyl sites for hydroxylation is 1. The first-order valence-corrected chi connectivity index (χ1v) is 7.90. The number of thiazole rings is 1. The van der Waals surface area contributed by atoms with Gasteiger partial charge in [-0.3, -0.25) is 4.79 Å². The Morgan fingerprint density at radius 3 is 3.00 bits per heavy atom. The molecule has 0 unspecified atom stereocenters. The minimum atomic E-state index is 0.281. The Hall–Kier alpha value is -0.940. The summed E-state index contributed by atoms with van der Waals surface area (Å²) >= 11 is 1.71. The fourth-order valence-electron chi connectivity index (χ4n) is 2.62. The number of rotatable bonds is 4. The molecule has 106 valence electrons. The maximum absolute atomic E-state index is 11.7. The maximum Gasteiger partial charge on any atom is 0.222 e. The first kappa shape index (κ1) is 14.5. The number of aromatic nitrogens is 1. The molecule has 0 aromatic carbocycles. The average Bonchev–Trinajstić information content (AvgIpc) is 2.82. The van der Waals surface area contributed by atoms with E-state index in [1.807, 2.05) is 17.3 Å². The summed E-state index contributed by atoms with van der Waals surface area (Å²) < 4.78 is 0. The number of likely N-dealkylation sites (tertiary alicyclic amines) is 1. The van der Waals surface area contributed by atoms with Crippen LogP contribution in [0.4, 0.5) is 0 Å². The zero-order chi connectivity index (χ0) is 13.8. The Morgan fingerprint density at radius 1 is 1.63 bits per heavy atom. The molecule has 4 nitrogen and oxygen atoms in total. The Bertz CT molecular complexity index is 432. The summed E-state index contributed by atoms with van der Waals surface area (Å²) in [5.74, 6) is 0.793. The first-order chi connectivity index (χ1) is 9.11. The lowest BCUT2D eigenvalue weighted by atomic mass is 9.93. The summed E-state index contributed by atoms with van der Waals surface area (Å²) in [4.78, 5) is 19.3. The van der Waals surface area contributed by atoms with Crippen LogP contribution in [0.2, 0.25) is 0 Å². The van der Waals surface area contributed by atoms with E-state index in [9.17, 15) is 4.79 Å². The van der Waals surface area contributed by atoms with Gasteiger partial charge in [-0.05, 0) is 19.3 Å². The highest BCUT2D eigenvalue weighted by molar-refractivity contribution is 7.09. The number of carbonyl (C=O) groups excluding carboxylic acids is 1.